The maximum Gasteiger partial charge on any atom is 0.242 e. The van der Waals surface area contributed by atoms with E-state index in [1.165, 1.54) is 52.1 Å². The number of carbonyl (C=O) groups excluding carboxylic acids is 2. The first-order valence-electron chi connectivity index (χ1n) is 10.9. The van der Waals surface area contributed by atoms with E-state index in [-0.39, 0.29) is 11.8 Å². The van der Waals surface area contributed by atoms with E-state index in [1.807, 2.05) is 27.7 Å². The highest BCUT2D eigenvalue weighted by Crippen LogP contribution is 2.32. The lowest BCUT2D eigenvalue weighted by molar-refractivity contribution is -0.135. The molecule has 1 aromatic carbocycles. The highest BCUT2D eigenvalue weighted by atomic mass is 16.2. The Morgan fingerprint density at radius 3 is 2.90 bits per heavy atom. The number of fused-ring (bicyclic) bond motifs is 4. The van der Waals surface area contributed by atoms with Crippen LogP contribution >= 0.6 is 0 Å². The third-order valence-corrected chi connectivity index (χ3v) is 6.81. The summed E-state index contributed by atoms with van der Waals surface area (Å²) in [5.41, 5.74) is 2.53. The number of piperidine rings is 2. The second-order valence-electron chi connectivity index (χ2n) is 8.77. The van der Waals surface area contributed by atoms with Gasteiger partial charge in [-0.3, -0.25) is 9.59 Å². The van der Waals surface area contributed by atoms with Gasteiger partial charge in [0.1, 0.15) is 12.4 Å². The molecule has 0 radical (unpaired) electrons. The van der Waals surface area contributed by atoms with Gasteiger partial charge in [-0.25, -0.2) is 4.98 Å². The molecule has 5 rings (SSSR count). The first-order valence-corrected chi connectivity index (χ1v) is 10.9. The number of amides is 2. The third kappa shape index (κ3) is 3.52. The van der Waals surface area contributed by atoms with Crippen LogP contribution in [0.4, 0.5) is 5.69 Å². The minimum Gasteiger partial charge on any atom is -0.333 e. The van der Waals surface area contributed by atoms with Gasteiger partial charge in [0.2, 0.25) is 11.8 Å². The molecular formula is C22H29N5O2. The molecule has 154 valence electrons. The summed E-state index contributed by atoms with van der Waals surface area (Å²) in [4.78, 5) is 33.8. The molecule has 3 aliphatic rings. The number of hydrogen-bond donors (Lipinski definition) is 1. The monoisotopic (exact) mass is 395 g/mol. The lowest BCUT2D eigenvalue weighted by atomic mass is 9.83. The molecule has 0 spiro atoms. The van der Waals surface area contributed by atoms with E-state index in [4.69, 9.17) is 4.98 Å². The standard InChI is InChI=1S/C22H29N5O2/c1-15(28)23-17-7-8-20-18(11-17)24-21-13-26(22(29)14-27(20)21)12-16-5-4-10-25-9-3-2-6-19(16)25/h7-8,11,16,19H,2-6,9-10,12-14H2,1H3,(H,23,28)/t16-,19+/m0/s1. The molecular weight excluding hydrogens is 366 g/mol. The fourth-order valence-electron chi connectivity index (χ4n) is 5.49. The van der Waals surface area contributed by atoms with E-state index in [1.54, 1.807) is 0 Å². The van der Waals surface area contributed by atoms with Gasteiger partial charge in [0.05, 0.1) is 17.6 Å². The number of carbonyl (C=O) groups is 2. The van der Waals surface area contributed by atoms with Gasteiger partial charge in [-0.1, -0.05) is 6.42 Å². The van der Waals surface area contributed by atoms with Gasteiger partial charge in [0.25, 0.3) is 0 Å². The summed E-state index contributed by atoms with van der Waals surface area (Å²) in [7, 11) is 0. The molecule has 2 saturated heterocycles. The third-order valence-electron chi connectivity index (χ3n) is 6.81. The lowest BCUT2D eigenvalue weighted by Crippen LogP contribution is -2.52. The largest absolute Gasteiger partial charge is 0.333 e. The summed E-state index contributed by atoms with van der Waals surface area (Å²) >= 11 is 0. The van der Waals surface area contributed by atoms with E-state index in [9.17, 15) is 9.59 Å². The van der Waals surface area contributed by atoms with E-state index in [2.05, 4.69) is 10.2 Å². The Bertz CT molecular complexity index is 950. The van der Waals surface area contributed by atoms with E-state index < -0.39 is 0 Å². The SMILES string of the molecule is CC(=O)Nc1ccc2c(c1)nc1n2CC(=O)N(C[C@@H]2CCCN3CCCC[C@H]23)C1. The topological polar surface area (TPSA) is 70.5 Å². The second kappa shape index (κ2) is 7.44. The van der Waals surface area contributed by atoms with Crippen molar-refractivity contribution in [2.45, 2.75) is 58.2 Å². The summed E-state index contributed by atoms with van der Waals surface area (Å²) in [5.74, 6) is 1.61. The molecule has 29 heavy (non-hydrogen) atoms. The number of imidazole rings is 1. The maximum absolute atomic E-state index is 13.0. The molecule has 2 amide bonds. The zero-order chi connectivity index (χ0) is 20.0. The summed E-state index contributed by atoms with van der Waals surface area (Å²) < 4.78 is 2.03. The number of nitrogens with one attached hydrogen (secondary N) is 1. The Morgan fingerprint density at radius 2 is 2.03 bits per heavy atom. The quantitative estimate of drug-likeness (QED) is 0.867. The van der Waals surface area contributed by atoms with Crippen LogP contribution in [0.25, 0.3) is 11.0 Å². The Morgan fingerprint density at radius 1 is 1.17 bits per heavy atom. The molecule has 4 heterocycles. The van der Waals surface area contributed by atoms with Crippen molar-refractivity contribution in [3.63, 3.8) is 0 Å². The van der Waals surface area contributed by atoms with Crippen molar-refractivity contribution in [2.24, 2.45) is 5.92 Å². The number of benzene rings is 1. The van der Waals surface area contributed by atoms with Gasteiger partial charge in [-0.2, -0.15) is 0 Å². The highest BCUT2D eigenvalue weighted by Gasteiger charge is 2.36. The van der Waals surface area contributed by atoms with Crippen molar-refractivity contribution in [1.29, 1.82) is 0 Å². The smallest absolute Gasteiger partial charge is 0.242 e. The van der Waals surface area contributed by atoms with E-state index in [0.717, 1.165) is 29.1 Å². The summed E-state index contributed by atoms with van der Waals surface area (Å²) in [6.45, 7) is 5.72. The normalized spacial score (nSPS) is 25.0. The summed E-state index contributed by atoms with van der Waals surface area (Å²) in [5, 5.41) is 2.81. The number of rotatable bonds is 3. The second-order valence-corrected chi connectivity index (χ2v) is 8.77. The fourth-order valence-corrected chi connectivity index (χ4v) is 5.49. The van der Waals surface area contributed by atoms with Crippen LogP contribution in [0.3, 0.4) is 0 Å². The first-order chi connectivity index (χ1) is 14.1. The average molecular weight is 396 g/mol. The molecule has 7 heteroatoms. The van der Waals surface area contributed by atoms with Crippen molar-refractivity contribution < 1.29 is 9.59 Å². The van der Waals surface area contributed by atoms with Crippen LogP contribution < -0.4 is 5.32 Å². The Balaban J connectivity index is 1.36. The van der Waals surface area contributed by atoms with Crippen LogP contribution in [0.5, 0.6) is 0 Å². The van der Waals surface area contributed by atoms with Crippen LogP contribution in [0, 0.1) is 5.92 Å². The van der Waals surface area contributed by atoms with Crippen molar-refractivity contribution in [3.05, 3.63) is 24.0 Å². The van der Waals surface area contributed by atoms with Gasteiger partial charge in [0, 0.05) is 25.2 Å². The minimum absolute atomic E-state index is 0.0982. The molecule has 0 aliphatic carbocycles. The maximum atomic E-state index is 13.0. The summed E-state index contributed by atoms with van der Waals surface area (Å²) in [6, 6.07) is 6.35. The van der Waals surface area contributed by atoms with Crippen molar-refractivity contribution in [2.75, 3.05) is 25.0 Å². The molecule has 2 aromatic rings. The zero-order valence-electron chi connectivity index (χ0n) is 17.1. The Labute approximate surface area is 171 Å². The molecule has 3 aliphatic heterocycles. The number of aromatic nitrogens is 2. The van der Waals surface area contributed by atoms with Gasteiger partial charge in [0.15, 0.2) is 0 Å². The van der Waals surface area contributed by atoms with E-state index in [0.29, 0.717) is 25.0 Å². The molecule has 2 fully saturated rings. The number of hydrogen-bond acceptors (Lipinski definition) is 4. The molecule has 1 N–H and O–H groups in total. The van der Waals surface area contributed by atoms with E-state index >= 15 is 0 Å². The zero-order valence-corrected chi connectivity index (χ0v) is 17.1. The molecule has 2 atom stereocenters. The highest BCUT2D eigenvalue weighted by molar-refractivity contribution is 5.92. The van der Waals surface area contributed by atoms with Crippen LogP contribution in [0.15, 0.2) is 18.2 Å². The summed E-state index contributed by atoms with van der Waals surface area (Å²) in [6.07, 6.45) is 6.38. The van der Waals surface area contributed by atoms with Crippen molar-refractivity contribution in [1.82, 2.24) is 19.4 Å². The molecule has 0 unspecified atom stereocenters. The number of anilines is 1. The van der Waals surface area contributed by atoms with Crippen LogP contribution in [-0.4, -0.2) is 56.8 Å². The average Bonchev–Trinajstić information content (AvgIpc) is 3.04. The lowest BCUT2D eigenvalue weighted by Gasteiger charge is -2.46. The molecule has 0 saturated carbocycles. The van der Waals surface area contributed by atoms with Crippen molar-refractivity contribution in [3.8, 4) is 0 Å². The van der Waals surface area contributed by atoms with Crippen LogP contribution in [-0.2, 0) is 22.7 Å². The van der Waals surface area contributed by atoms with Crippen LogP contribution in [0.2, 0.25) is 0 Å². The predicted octanol–water partition coefficient (Wildman–Crippen LogP) is 2.60. The van der Waals surface area contributed by atoms with Gasteiger partial charge in [-0.15, -0.1) is 0 Å². The fraction of sp³-hybridized carbons (Fsp3) is 0.591. The molecule has 0 bridgehead atoms. The van der Waals surface area contributed by atoms with Gasteiger partial charge >= 0.3 is 0 Å². The Kier molecular flexibility index (Phi) is 4.78. The van der Waals surface area contributed by atoms with Gasteiger partial charge < -0.3 is 19.7 Å². The predicted molar refractivity (Wildman–Crippen MR) is 111 cm³/mol. The number of nitrogens with zero attached hydrogens (tertiary/aromatic N) is 4. The molecule has 1 aromatic heterocycles. The molecule has 7 nitrogen and oxygen atoms in total. The minimum atomic E-state index is -0.0982. The van der Waals surface area contributed by atoms with Crippen molar-refractivity contribution >= 4 is 28.5 Å². The first kappa shape index (κ1) is 18.6. The van der Waals surface area contributed by atoms with Crippen LogP contribution in [0.1, 0.15) is 44.9 Å². The Hall–Kier alpha value is -2.41. The van der Waals surface area contributed by atoms with Gasteiger partial charge in [-0.05, 0) is 62.9 Å².